The zero-order chi connectivity index (χ0) is 0. The second-order valence-electron chi connectivity index (χ2n) is 0. The zero-order valence-corrected chi connectivity index (χ0v) is 5.73. The average Bonchev–Trinajstić information content (AvgIpc) is 0. The first-order chi connectivity index (χ1) is 0. The van der Waals surface area contributed by atoms with E-state index < -0.39 is 0 Å². The van der Waals surface area contributed by atoms with E-state index in [0.717, 1.165) is 0 Å². The Morgan fingerprint density at radius 1 is 0.333 bits per heavy atom. The van der Waals surface area contributed by atoms with Gasteiger partial charge in [0.05, 0.1) is 0 Å². The third kappa shape index (κ3) is 62.3. The molecular formula is H2Cs2O5V2. The van der Waals surface area contributed by atoms with Crippen LogP contribution in [0.3, 0.4) is 0 Å². The minimum Gasteiger partial charge on any atom is -2.00 e. The molecule has 0 radical (unpaired) electrons. The zero-order valence-electron chi connectivity index (χ0n) is 2.94. The topological polar surface area (TPSA) is 142 Å². The molecule has 9 heavy (non-hydrogen) atoms. The van der Waals surface area contributed by atoms with Gasteiger partial charge in [0.15, 0.2) is 0 Å². The van der Waals surface area contributed by atoms with Gasteiger partial charge in [0, 0.05) is 0 Å². The maximum atomic E-state index is 0. The normalized spacial score (nSPS) is 0. The van der Waals surface area contributed by atoms with E-state index in [-0.39, 0.29) is 202 Å². The molecule has 0 aromatic carbocycles. The van der Waals surface area contributed by atoms with E-state index in [4.69, 9.17) is 0 Å². The van der Waals surface area contributed by atoms with E-state index in [1.165, 1.54) is 0 Å². The van der Waals surface area contributed by atoms with Gasteiger partial charge in [-0.2, -0.15) is 0 Å². The molecule has 0 heterocycles. The van der Waals surface area contributed by atoms with Crippen LogP contribution >= 0.6 is 0 Å². The summed E-state index contributed by atoms with van der Waals surface area (Å²) in [4.78, 5) is 0. The predicted molar refractivity (Wildman–Crippen MR) is 17.7 cm³/mol. The van der Waals surface area contributed by atoms with Gasteiger partial charge in [-0.25, -0.2) is 0 Å². The van der Waals surface area contributed by atoms with E-state index in [2.05, 4.69) is 0 Å². The molecule has 0 aliphatic heterocycles. The first-order valence-electron chi connectivity index (χ1n) is 0. The molecule has 0 N–H and O–H groups in total. The van der Waals surface area contributed by atoms with E-state index >= 15 is 0 Å². The van der Waals surface area contributed by atoms with Crippen LogP contribution in [0.15, 0.2) is 0 Å². The van der Waals surface area contributed by atoms with Crippen LogP contribution in [0.25, 0.3) is 0 Å². The van der Waals surface area contributed by atoms with Crippen molar-refractivity contribution in [2.24, 2.45) is 0 Å². The van der Waals surface area contributed by atoms with Crippen molar-refractivity contribution in [3.63, 3.8) is 0 Å². The Morgan fingerprint density at radius 2 is 0.333 bits per heavy atom. The maximum Gasteiger partial charge on any atom is 5.00 e. The van der Waals surface area contributed by atoms with Gasteiger partial charge in [0.25, 0.3) is 0 Å². The fourth-order valence-corrected chi connectivity index (χ4v) is 0. The molecule has 0 aliphatic rings. The molecule has 0 bridgehead atoms. The number of hydrogen-bond donors (Lipinski definition) is 0. The molecule has 0 rings (SSSR count). The second-order valence-corrected chi connectivity index (χ2v) is 0. The van der Waals surface area contributed by atoms with Crippen LogP contribution in [-0.4, -0.2) is 138 Å². The molecule has 0 saturated carbocycles. The summed E-state index contributed by atoms with van der Waals surface area (Å²) in [5, 5.41) is 0. The van der Waals surface area contributed by atoms with Gasteiger partial charge in [0.1, 0.15) is 0 Å². The summed E-state index contributed by atoms with van der Waals surface area (Å²) in [6.45, 7) is 0. The molecular weight excluding hydrogens is 448 g/mol. The Kier molecular flexibility index (Phi) is 769. The van der Waals surface area contributed by atoms with Crippen molar-refractivity contribution < 1.29 is 64.5 Å². The van der Waals surface area contributed by atoms with Crippen LogP contribution in [0.2, 0.25) is 0 Å². The van der Waals surface area contributed by atoms with Crippen LogP contribution in [0.5, 0.6) is 0 Å². The van der Waals surface area contributed by atoms with Crippen LogP contribution < -0.4 is 0 Å². The molecule has 0 spiro atoms. The Bertz CT molecular complexity index is 12.9. The SMILES string of the molecule is [CsH].[CsH].[O-2].[O-2].[O-2].[O-2].[O-2].[V+5].[V+5]. The van der Waals surface area contributed by atoms with Crippen LogP contribution in [-0.2, 0) is 64.5 Å². The van der Waals surface area contributed by atoms with Gasteiger partial charge in [-0.15, -0.1) is 0 Å². The minimum absolute atomic E-state index is 0. The van der Waals surface area contributed by atoms with Crippen LogP contribution in [0, 0.1) is 0 Å². The summed E-state index contributed by atoms with van der Waals surface area (Å²) in [5.74, 6) is 0. The summed E-state index contributed by atoms with van der Waals surface area (Å²) in [6, 6.07) is 0. The Hall–Kier alpha value is 5.07. The smallest absolute Gasteiger partial charge is 2.00 e. The summed E-state index contributed by atoms with van der Waals surface area (Å²) in [7, 11) is 0. The molecule has 0 aromatic heterocycles. The standard InChI is InChI=1S/2Cs.5O.2V.2H/q;;5*-2;2*+5;;. The van der Waals surface area contributed by atoms with Crippen LogP contribution in [0.1, 0.15) is 0 Å². The summed E-state index contributed by atoms with van der Waals surface area (Å²) in [6.07, 6.45) is 0. The van der Waals surface area contributed by atoms with Gasteiger partial charge in [0.2, 0.25) is 0 Å². The number of hydrogen-bond acceptors (Lipinski definition) is 0. The molecule has 0 unspecified atom stereocenters. The Labute approximate surface area is 195 Å². The quantitative estimate of drug-likeness (QED) is 0.407. The summed E-state index contributed by atoms with van der Waals surface area (Å²) in [5.41, 5.74) is 0. The largest absolute Gasteiger partial charge is 5.00 e. The van der Waals surface area contributed by atoms with Crippen molar-refractivity contribution in [3.8, 4) is 0 Å². The molecule has 0 saturated heterocycles. The van der Waals surface area contributed by atoms with Crippen molar-refractivity contribution in [3.05, 3.63) is 0 Å². The third-order valence-corrected chi connectivity index (χ3v) is 0. The van der Waals surface area contributed by atoms with E-state index in [1.54, 1.807) is 0 Å². The molecule has 9 heteroatoms. The molecule has 44 valence electrons. The van der Waals surface area contributed by atoms with Gasteiger partial charge in [-0.05, 0) is 0 Å². The first-order valence-corrected chi connectivity index (χ1v) is 0. The molecule has 5 nitrogen and oxygen atoms in total. The van der Waals surface area contributed by atoms with Gasteiger partial charge >= 0.3 is 175 Å². The molecule has 0 amide bonds. The molecule has 0 aliphatic carbocycles. The fourth-order valence-electron chi connectivity index (χ4n) is 0. The molecule has 0 aromatic rings. The van der Waals surface area contributed by atoms with E-state index in [0.29, 0.717) is 0 Å². The van der Waals surface area contributed by atoms with Crippen molar-refractivity contribution in [1.82, 2.24) is 0 Å². The van der Waals surface area contributed by atoms with E-state index in [1.807, 2.05) is 0 Å². The molecule has 0 fully saturated rings. The van der Waals surface area contributed by atoms with Crippen molar-refractivity contribution >= 4 is 138 Å². The van der Waals surface area contributed by atoms with Crippen molar-refractivity contribution in [1.29, 1.82) is 0 Å². The van der Waals surface area contributed by atoms with Gasteiger partial charge in [-0.1, -0.05) is 0 Å². The van der Waals surface area contributed by atoms with Crippen molar-refractivity contribution in [2.75, 3.05) is 0 Å². The Balaban J connectivity index is 0. The monoisotopic (exact) mass is 450 g/mol. The minimum atomic E-state index is 0. The van der Waals surface area contributed by atoms with Gasteiger partial charge in [-0.3, -0.25) is 0 Å². The van der Waals surface area contributed by atoms with Crippen LogP contribution in [0.4, 0.5) is 0 Å². The molecule has 0 atom stereocenters. The number of rotatable bonds is 0. The fraction of sp³-hybridized carbons (Fsp3) is 0. The summed E-state index contributed by atoms with van der Waals surface area (Å²) >= 11 is 0. The first kappa shape index (κ1) is 93.5. The summed E-state index contributed by atoms with van der Waals surface area (Å²) < 4.78 is 0. The Morgan fingerprint density at radius 3 is 0.333 bits per heavy atom. The second kappa shape index (κ2) is 74.0. The van der Waals surface area contributed by atoms with E-state index in [9.17, 15) is 0 Å². The third-order valence-electron chi connectivity index (χ3n) is 0. The van der Waals surface area contributed by atoms with Crippen molar-refractivity contribution in [2.45, 2.75) is 0 Å². The predicted octanol–water partition coefficient (Wildman–Crippen LogP) is -1.90. The maximum absolute atomic E-state index is 0. The van der Waals surface area contributed by atoms with Gasteiger partial charge < -0.3 is 27.4 Å². The average molecular weight is 450 g/mol.